The van der Waals surface area contributed by atoms with Crippen molar-refractivity contribution in [2.24, 2.45) is 5.92 Å². The first-order valence-corrected chi connectivity index (χ1v) is 7.67. The van der Waals surface area contributed by atoms with Gasteiger partial charge in [-0.1, -0.05) is 30.3 Å². The number of carboxylic acid groups (broad SMARTS) is 1. The van der Waals surface area contributed by atoms with Crippen molar-refractivity contribution in [3.8, 4) is 0 Å². The zero-order chi connectivity index (χ0) is 14.8. The van der Waals surface area contributed by atoms with E-state index in [-0.39, 0.29) is 5.92 Å². The number of benzene rings is 2. The van der Waals surface area contributed by atoms with E-state index < -0.39 is 5.97 Å². The lowest BCUT2D eigenvalue weighted by atomic mass is 10.1. The Kier molecular flexibility index (Phi) is 3.82. The normalized spacial score (nSPS) is 21.6. The predicted octanol–water partition coefficient (Wildman–Crippen LogP) is 3.92. The monoisotopic (exact) mass is 283 g/mol. The molecular formula is C18H21NO2. The summed E-state index contributed by atoms with van der Waals surface area (Å²) < 4.78 is 0. The molecule has 0 amide bonds. The van der Waals surface area contributed by atoms with Gasteiger partial charge in [0.2, 0.25) is 0 Å². The fraction of sp³-hybridized carbons (Fsp3) is 0.389. The molecule has 1 N–H and O–H groups in total. The van der Waals surface area contributed by atoms with Crippen LogP contribution in [-0.2, 0) is 4.79 Å². The van der Waals surface area contributed by atoms with Crippen molar-refractivity contribution in [2.75, 3.05) is 11.4 Å². The average molecular weight is 283 g/mol. The van der Waals surface area contributed by atoms with E-state index in [0.717, 1.165) is 25.8 Å². The van der Waals surface area contributed by atoms with Crippen LogP contribution in [-0.4, -0.2) is 23.7 Å². The third kappa shape index (κ3) is 2.73. The van der Waals surface area contributed by atoms with Gasteiger partial charge in [-0.25, -0.2) is 0 Å². The summed E-state index contributed by atoms with van der Waals surface area (Å²) in [5.41, 5.74) is 1.20. The maximum atomic E-state index is 11.2. The molecule has 0 spiro atoms. The van der Waals surface area contributed by atoms with E-state index in [1.165, 1.54) is 16.5 Å². The van der Waals surface area contributed by atoms with Crippen molar-refractivity contribution in [3.63, 3.8) is 0 Å². The molecule has 0 heterocycles. The molecule has 1 fully saturated rings. The first kappa shape index (κ1) is 13.9. The second kappa shape index (κ2) is 5.76. The number of nitrogens with zero attached hydrogens (tertiary/aromatic N) is 1. The lowest BCUT2D eigenvalue weighted by molar-refractivity contribution is -0.141. The van der Waals surface area contributed by atoms with Crippen molar-refractivity contribution in [1.82, 2.24) is 0 Å². The Hall–Kier alpha value is -2.03. The second-order valence-corrected chi connectivity index (χ2v) is 5.82. The van der Waals surface area contributed by atoms with Gasteiger partial charge in [0.05, 0.1) is 5.92 Å². The van der Waals surface area contributed by atoms with Crippen molar-refractivity contribution < 1.29 is 9.90 Å². The molecule has 110 valence electrons. The van der Waals surface area contributed by atoms with Crippen molar-refractivity contribution in [1.29, 1.82) is 0 Å². The number of rotatable bonds is 4. The quantitative estimate of drug-likeness (QED) is 0.924. The van der Waals surface area contributed by atoms with Crippen LogP contribution in [0.25, 0.3) is 10.8 Å². The summed E-state index contributed by atoms with van der Waals surface area (Å²) in [5.74, 6) is -0.823. The summed E-state index contributed by atoms with van der Waals surface area (Å²) in [7, 11) is 0. The van der Waals surface area contributed by atoms with Gasteiger partial charge in [0.15, 0.2) is 0 Å². The fourth-order valence-electron chi connectivity index (χ4n) is 3.47. The molecule has 21 heavy (non-hydrogen) atoms. The van der Waals surface area contributed by atoms with E-state index in [9.17, 15) is 9.90 Å². The Morgan fingerprint density at radius 1 is 1.19 bits per heavy atom. The average Bonchev–Trinajstić information content (AvgIpc) is 2.98. The summed E-state index contributed by atoms with van der Waals surface area (Å²) in [6.07, 6.45) is 2.53. The minimum Gasteiger partial charge on any atom is -0.481 e. The molecule has 2 atom stereocenters. The van der Waals surface area contributed by atoms with Gasteiger partial charge in [-0.3, -0.25) is 4.79 Å². The molecule has 0 aliphatic heterocycles. The third-order valence-corrected chi connectivity index (χ3v) is 4.60. The maximum absolute atomic E-state index is 11.2. The molecule has 0 aromatic heterocycles. The lowest BCUT2D eigenvalue weighted by Gasteiger charge is -2.30. The van der Waals surface area contributed by atoms with Crippen LogP contribution in [0.4, 0.5) is 5.69 Å². The Bertz CT molecular complexity index is 652. The topological polar surface area (TPSA) is 40.5 Å². The molecule has 2 unspecified atom stereocenters. The Balaban J connectivity index is 1.86. The fourth-order valence-corrected chi connectivity index (χ4v) is 3.47. The van der Waals surface area contributed by atoms with Gasteiger partial charge in [-0.2, -0.15) is 0 Å². The minimum absolute atomic E-state index is 0.176. The van der Waals surface area contributed by atoms with E-state index in [2.05, 4.69) is 48.2 Å². The van der Waals surface area contributed by atoms with E-state index in [0.29, 0.717) is 6.04 Å². The summed E-state index contributed by atoms with van der Waals surface area (Å²) in [5, 5.41) is 11.7. The van der Waals surface area contributed by atoms with Gasteiger partial charge in [0.25, 0.3) is 0 Å². The SMILES string of the molecule is CCN(c1ccc2ccccc2c1)C1CCC(C(=O)O)C1. The number of anilines is 1. The molecule has 1 aliphatic carbocycles. The minimum atomic E-state index is -0.646. The summed E-state index contributed by atoms with van der Waals surface area (Å²) in [6.45, 7) is 3.05. The first-order chi connectivity index (χ1) is 10.2. The van der Waals surface area contributed by atoms with Gasteiger partial charge < -0.3 is 10.0 Å². The lowest BCUT2D eigenvalue weighted by Crippen LogP contribution is -2.33. The van der Waals surface area contributed by atoms with Gasteiger partial charge in [0.1, 0.15) is 0 Å². The molecule has 3 rings (SSSR count). The molecule has 3 nitrogen and oxygen atoms in total. The standard InChI is InChI=1S/C18H21NO2/c1-2-19(17-10-8-15(12-17)18(20)21)16-9-7-13-5-3-4-6-14(13)11-16/h3-7,9,11,15,17H,2,8,10,12H2,1H3,(H,20,21). The molecule has 3 heteroatoms. The number of fused-ring (bicyclic) bond motifs is 1. The van der Waals surface area contributed by atoms with Gasteiger partial charge in [-0.15, -0.1) is 0 Å². The zero-order valence-corrected chi connectivity index (χ0v) is 12.3. The number of hydrogen-bond donors (Lipinski definition) is 1. The molecule has 2 aromatic carbocycles. The molecule has 1 saturated carbocycles. The summed E-state index contributed by atoms with van der Waals surface area (Å²) in [4.78, 5) is 13.5. The van der Waals surface area contributed by atoms with E-state index in [1.807, 2.05) is 6.07 Å². The van der Waals surface area contributed by atoms with E-state index in [4.69, 9.17) is 0 Å². The highest BCUT2D eigenvalue weighted by molar-refractivity contribution is 5.86. The maximum Gasteiger partial charge on any atom is 0.306 e. The summed E-state index contributed by atoms with van der Waals surface area (Å²) >= 11 is 0. The Labute approximate surface area is 125 Å². The third-order valence-electron chi connectivity index (χ3n) is 4.60. The highest BCUT2D eigenvalue weighted by Crippen LogP contribution is 2.33. The van der Waals surface area contributed by atoms with Crippen LogP contribution in [0.15, 0.2) is 42.5 Å². The van der Waals surface area contributed by atoms with Crippen molar-refractivity contribution in [2.45, 2.75) is 32.2 Å². The van der Waals surface area contributed by atoms with Crippen LogP contribution >= 0.6 is 0 Å². The van der Waals surface area contributed by atoms with Crippen LogP contribution < -0.4 is 4.90 Å². The van der Waals surface area contributed by atoms with Crippen LogP contribution in [0.1, 0.15) is 26.2 Å². The number of carboxylic acids is 1. The molecule has 0 saturated heterocycles. The van der Waals surface area contributed by atoms with Gasteiger partial charge in [-0.05, 0) is 49.1 Å². The van der Waals surface area contributed by atoms with Crippen LogP contribution in [0, 0.1) is 5.92 Å². The summed E-state index contributed by atoms with van der Waals surface area (Å²) in [6, 6.07) is 15.2. The smallest absolute Gasteiger partial charge is 0.306 e. The number of aliphatic carboxylic acids is 1. The Morgan fingerprint density at radius 3 is 2.62 bits per heavy atom. The van der Waals surface area contributed by atoms with Gasteiger partial charge in [0, 0.05) is 18.3 Å². The van der Waals surface area contributed by atoms with Crippen molar-refractivity contribution in [3.05, 3.63) is 42.5 Å². The number of carbonyl (C=O) groups is 1. The number of hydrogen-bond acceptors (Lipinski definition) is 2. The Morgan fingerprint density at radius 2 is 1.95 bits per heavy atom. The van der Waals surface area contributed by atoms with Crippen molar-refractivity contribution >= 4 is 22.4 Å². The highest BCUT2D eigenvalue weighted by atomic mass is 16.4. The zero-order valence-electron chi connectivity index (χ0n) is 12.3. The molecule has 2 aromatic rings. The van der Waals surface area contributed by atoms with E-state index >= 15 is 0 Å². The van der Waals surface area contributed by atoms with Gasteiger partial charge >= 0.3 is 5.97 Å². The molecular weight excluding hydrogens is 262 g/mol. The second-order valence-electron chi connectivity index (χ2n) is 5.82. The highest BCUT2D eigenvalue weighted by Gasteiger charge is 2.32. The molecule has 1 aliphatic rings. The first-order valence-electron chi connectivity index (χ1n) is 7.67. The van der Waals surface area contributed by atoms with E-state index in [1.54, 1.807) is 0 Å². The van der Waals surface area contributed by atoms with Crippen LogP contribution in [0.2, 0.25) is 0 Å². The van der Waals surface area contributed by atoms with Crippen LogP contribution in [0.3, 0.4) is 0 Å². The molecule has 0 bridgehead atoms. The largest absolute Gasteiger partial charge is 0.481 e. The molecule has 0 radical (unpaired) electrons. The van der Waals surface area contributed by atoms with Crippen LogP contribution in [0.5, 0.6) is 0 Å². The predicted molar refractivity (Wildman–Crippen MR) is 85.7 cm³/mol.